The van der Waals surface area contributed by atoms with E-state index in [4.69, 9.17) is 0 Å². The number of fused-ring (bicyclic) bond motifs is 1. The maximum absolute atomic E-state index is 12.3. The molecule has 2 aromatic heterocycles. The van der Waals surface area contributed by atoms with E-state index in [9.17, 15) is 4.79 Å². The number of thiophene rings is 1. The molecule has 0 N–H and O–H groups in total. The average molecular weight is 357 g/mol. The number of allylic oxidation sites excluding steroid dienone is 1. The second-order valence-electron chi connectivity index (χ2n) is 5.93. The Balaban J connectivity index is 2.04. The number of thiazole rings is 1. The van der Waals surface area contributed by atoms with Crippen LogP contribution in [-0.2, 0) is 17.8 Å². The summed E-state index contributed by atoms with van der Waals surface area (Å²) < 4.78 is 3.22. The second kappa shape index (κ2) is 7.28. The normalized spacial score (nSPS) is 12.2. The van der Waals surface area contributed by atoms with E-state index in [2.05, 4.69) is 48.2 Å². The number of hydrogen-bond acceptors (Lipinski definition) is 3. The molecule has 0 spiro atoms. The molecule has 3 nitrogen and oxygen atoms in total. The van der Waals surface area contributed by atoms with Gasteiger partial charge in [0, 0.05) is 11.4 Å². The van der Waals surface area contributed by atoms with E-state index in [0.717, 1.165) is 19.9 Å². The van der Waals surface area contributed by atoms with Crippen molar-refractivity contribution in [1.29, 1.82) is 0 Å². The van der Waals surface area contributed by atoms with Gasteiger partial charge in [0.1, 0.15) is 0 Å². The highest BCUT2D eigenvalue weighted by Gasteiger charge is 2.10. The molecule has 24 heavy (non-hydrogen) atoms. The zero-order chi connectivity index (χ0) is 17.1. The maximum Gasteiger partial charge on any atom is 0.253 e. The summed E-state index contributed by atoms with van der Waals surface area (Å²) in [5, 5.41) is 1.98. The average Bonchev–Trinajstić information content (AvgIpc) is 3.15. The Morgan fingerprint density at radius 2 is 2.21 bits per heavy atom. The first kappa shape index (κ1) is 16.9. The number of carbonyl (C=O) groups is 1. The fourth-order valence-corrected chi connectivity index (χ4v) is 4.35. The van der Waals surface area contributed by atoms with Crippen molar-refractivity contribution in [2.75, 3.05) is 0 Å². The Bertz CT molecular complexity index is 930. The summed E-state index contributed by atoms with van der Waals surface area (Å²) in [5.74, 6) is 0.371. The maximum atomic E-state index is 12.3. The van der Waals surface area contributed by atoms with Gasteiger partial charge in [-0.05, 0) is 35.1 Å². The van der Waals surface area contributed by atoms with Crippen molar-refractivity contribution in [1.82, 2.24) is 4.57 Å². The van der Waals surface area contributed by atoms with Crippen molar-refractivity contribution < 1.29 is 4.79 Å². The standard InChI is InChI=1S/C19H20N2OS2/c1-4-9-21-16-8-7-14(13(2)3)11-17(16)24-19(21)20-18(22)12-15-6-5-10-23-15/h4-8,10-11,13H,1,9,12H2,2-3H3. The van der Waals surface area contributed by atoms with Crippen LogP contribution in [0.5, 0.6) is 0 Å². The molecule has 0 aliphatic heterocycles. The minimum atomic E-state index is -0.106. The number of rotatable bonds is 5. The summed E-state index contributed by atoms with van der Waals surface area (Å²) in [5.41, 5.74) is 2.40. The third-order valence-corrected chi connectivity index (χ3v) is 5.73. The van der Waals surface area contributed by atoms with E-state index in [1.54, 1.807) is 22.7 Å². The third kappa shape index (κ3) is 3.57. The van der Waals surface area contributed by atoms with Gasteiger partial charge in [-0.25, -0.2) is 0 Å². The quantitative estimate of drug-likeness (QED) is 0.608. The highest BCUT2D eigenvalue weighted by molar-refractivity contribution is 7.16. The molecule has 0 fully saturated rings. The van der Waals surface area contributed by atoms with Gasteiger partial charge in [0.2, 0.25) is 0 Å². The van der Waals surface area contributed by atoms with E-state index in [0.29, 0.717) is 18.9 Å². The first-order valence-corrected chi connectivity index (χ1v) is 9.62. The fraction of sp³-hybridized carbons (Fsp3) is 0.263. The lowest BCUT2D eigenvalue weighted by Crippen LogP contribution is -2.16. The van der Waals surface area contributed by atoms with Gasteiger partial charge in [0.25, 0.3) is 5.91 Å². The van der Waals surface area contributed by atoms with Crippen LogP contribution in [0, 0.1) is 0 Å². The topological polar surface area (TPSA) is 34.4 Å². The van der Waals surface area contributed by atoms with Crippen LogP contribution in [0.2, 0.25) is 0 Å². The monoisotopic (exact) mass is 356 g/mol. The fourth-order valence-electron chi connectivity index (χ4n) is 2.55. The van der Waals surface area contributed by atoms with E-state index in [1.165, 1.54) is 5.56 Å². The molecule has 1 aromatic carbocycles. The van der Waals surface area contributed by atoms with Crippen molar-refractivity contribution in [3.63, 3.8) is 0 Å². The number of nitrogens with zero attached hydrogens (tertiary/aromatic N) is 2. The second-order valence-corrected chi connectivity index (χ2v) is 7.97. The lowest BCUT2D eigenvalue weighted by Gasteiger charge is -2.05. The zero-order valence-electron chi connectivity index (χ0n) is 13.9. The van der Waals surface area contributed by atoms with Crippen LogP contribution in [0.4, 0.5) is 0 Å². The van der Waals surface area contributed by atoms with Crippen LogP contribution in [0.25, 0.3) is 10.2 Å². The molecule has 0 atom stereocenters. The first-order chi connectivity index (χ1) is 11.6. The van der Waals surface area contributed by atoms with Crippen LogP contribution < -0.4 is 4.80 Å². The van der Waals surface area contributed by atoms with Crippen molar-refractivity contribution in [2.45, 2.75) is 32.7 Å². The van der Waals surface area contributed by atoms with Gasteiger partial charge in [0.05, 0.1) is 16.6 Å². The smallest absolute Gasteiger partial charge is 0.253 e. The molecule has 0 bridgehead atoms. The molecule has 5 heteroatoms. The molecule has 124 valence electrons. The molecule has 0 unspecified atom stereocenters. The van der Waals surface area contributed by atoms with Crippen LogP contribution in [0.15, 0.2) is 53.4 Å². The summed E-state index contributed by atoms with van der Waals surface area (Å²) in [6.07, 6.45) is 2.20. The Labute approximate surface area is 149 Å². The van der Waals surface area contributed by atoms with E-state index in [1.807, 2.05) is 23.6 Å². The Morgan fingerprint density at radius 1 is 1.38 bits per heavy atom. The number of carbonyl (C=O) groups excluding carboxylic acids is 1. The van der Waals surface area contributed by atoms with Crippen molar-refractivity contribution >= 4 is 38.8 Å². The van der Waals surface area contributed by atoms with Crippen LogP contribution in [0.3, 0.4) is 0 Å². The van der Waals surface area contributed by atoms with E-state index < -0.39 is 0 Å². The molecule has 0 aliphatic rings. The molecule has 3 rings (SSSR count). The predicted octanol–water partition coefficient (Wildman–Crippen LogP) is 4.74. The molecular formula is C19H20N2OS2. The minimum Gasteiger partial charge on any atom is -0.313 e. The molecule has 2 heterocycles. The van der Waals surface area contributed by atoms with Crippen molar-refractivity contribution in [3.05, 3.63) is 63.6 Å². The Kier molecular flexibility index (Phi) is 5.11. The summed E-state index contributed by atoms with van der Waals surface area (Å²) in [4.78, 5) is 18.4. The number of benzene rings is 1. The first-order valence-electron chi connectivity index (χ1n) is 7.92. The lowest BCUT2D eigenvalue weighted by molar-refractivity contribution is -0.117. The summed E-state index contributed by atoms with van der Waals surface area (Å²) in [6, 6.07) is 10.4. The van der Waals surface area contributed by atoms with Gasteiger partial charge >= 0.3 is 0 Å². The molecule has 3 aromatic rings. The van der Waals surface area contributed by atoms with Gasteiger partial charge < -0.3 is 4.57 Å². The largest absolute Gasteiger partial charge is 0.313 e. The predicted molar refractivity (Wildman–Crippen MR) is 103 cm³/mol. The molecule has 1 amide bonds. The van der Waals surface area contributed by atoms with E-state index in [-0.39, 0.29) is 5.91 Å². The molecule has 0 saturated heterocycles. The minimum absolute atomic E-state index is 0.106. The van der Waals surface area contributed by atoms with Gasteiger partial charge in [0.15, 0.2) is 4.80 Å². The molecule has 0 saturated carbocycles. The summed E-state index contributed by atoms with van der Waals surface area (Å²) >= 11 is 3.15. The highest BCUT2D eigenvalue weighted by atomic mass is 32.1. The van der Waals surface area contributed by atoms with Gasteiger partial charge in [-0.1, -0.05) is 43.4 Å². The van der Waals surface area contributed by atoms with Crippen molar-refractivity contribution in [2.24, 2.45) is 4.99 Å². The Morgan fingerprint density at radius 3 is 2.88 bits per heavy atom. The molecule has 0 aliphatic carbocycles. The third-order valence-electron chi connectivity index (χ3n) is 3.81. The zero-order valence-corrected chi connectivity index (χ0v) is 15.5. The molecule has 0 radical (unpaired) electrons. The van der Waals surface area contributed by atoms with Crippen LogP contribution >= 0.6 is 22.7 Å². The van der Waals surface area contributed by atoms with Gasteiger partial charge in [-0.3, -0.25) is 4.79 Å². The van der Waals surface area contributed by atoms with Gasteiger partial charge in [-0.15, -0.1) is 17.9 Å². The SMILES string of the molecule is C=CCn1c(=NC(=O)Cc2cccs2)sc2cc(C(C)C)ccc21. The van der Waals surface area contributed by atoms with Crippen molar-refractivity contribution in [3.8, 4) is 0 Å². The Hall–Kier alpha value is -1.98. The highest BCUT2D eigenvalue weighted by Crippen LogP contribution is 2.23. The lowest BCUT2D eigenvalue weighted by atomic mass is 10.0. The number of aromatic nitrogens is 1. The van der Waals surface area contributed by atoms with Crippen LogP contribution in [-0.4, -0.2) is 10.5 Å². The summed E-state index contributed by atoms with van der Waals surface area (Å²) in [7, 11) is 0. The summed E-state index contributed by atoms with van der Waals surface area (Å²) in [6.45, 7) is 8.84. The number of amides is 1. The van der Waals surface area contributed by atoms with Crippen LogP contribution in [0.1, 0.15) is 30.2 Å². The van der Waals surface area contributed by atoms with E-state index >= 15 is 0 Å². The van der Waals surface area contributed by atoms with Gasteiger partial charge in [-0.2, -0.15) is 4.99 Å². The number of hydrogen-bond donors (Lipinski definition) is 0. The molecular weight excluding hydrogens is 336 g/mol.